The van der Waals surface area contributed by atoms with E-state index < -0.39 is 0 Å². The molecule has 0 spiro atoms. The van der Waals surface area contributed by atoms with Crippen molar-refractivity contribution in [2.24, 2.45) is 0 Å². The van der Waals surface area contributed by atoms with Gasteiger partial charge < -0.3 is 5.32 Å². The molecule has 0 amide bonds. The Labute approximate surface area is 130 Å². The summed E-state index contributed by atoms with van der Waals surface area (Å²) in [7, 11) is 0. The Bertz CT molecular complexity index is 421. The summed E-state index contributed by atoms with van der Waals surface area (Å²) < 4.78 is 13.5. The lowest BCUT2D eigenvalue weighted by molar-refractivity contribution is 0.567. The number of benzene rings is 1. The molecule has 0 heterocycles. The van der Waals surface area contributed by atoms with Gasteiger partial charge in [0.15, 0.2) is 0 Å². The van der Waals surface area contributed by atoms with E-state index in [9.17, 15) is 4.39 Å². The van der Waals surface area contributed by atoms with Gasteiger partial charge in [0.2, 0.25) is 0 Å². The molecule has 1 atom stereocenters. The van der Waals surface area contributed by atoms with E-state index in [1.165, 1.54) is 31.7 Å². The van der Waals surface area contributed by atoms with Crippen LogP contribution in [-0.2, 0) is 0 Å². The molecule has 1 aromatic carbocycles. The molecule has 0 radical (unpaired) electrons. The number of hydrogen-bond acceptors (Lipinski definition) is 2. The molecule has 1 saturated carbocycles. The predicted molar refractivity (Wildman–Crippen MR) is 87.2 cm³/mol. The third-order valence-electron chi connectivity index (χ3n) is 3.77. The van der Waals surface area contributed by atoms with E-state index in [-0.39, 0.29) is 11.9 Å². The maximum absolute atomic E-state index is 13.5. The molecular formula is C16H23ClFNS. The van der Waals surface area contributed by atoms with Gasteiger partial charge in [-0.2, -0.15) is 11.8 Å². The van der Waals surface area contributed by atoms with Crippen LogP contribution in [0.15, 0.2) is 18.2 Å². The number of thioether (sulfide) groups is 1. The van der Waals surface area contributed by atoms with Crippen LogP contribution < -0.4 is 5.32 Å². The number of nitrogens with one attached hydrogen (secondary N) is 1. The van der Waals surface area contributed by atoms with Gasteiger partial charge in [-0.05, 0) is 49.6 Å². The molecule has 20 heavy (non-hydrogen) atoms. The van der Waals surface area contributed by atoms with Crippen LogP contribution in [0.4, 0.5) is 4.39 Å². The van der Waals surface area contributed by atoms with E-state index in [0.717, 1.165) is 29.5 Å². The zero-order valence-electron chi connectivity index (χ0n) is 12.0. The molecule has 1 N–H and O–H groups in total. The van der Waals surface area contributed by atoms with Gasteiger partial charge in [0.1, 0.15) is 5.82 Å². The van der Waals surface area contributed by atoms with Crippen molar-refractivity contribution in [2.45, 2.75) is 50.3 Å². The minimum Gasteiger partial charge on any atom is -0.309 e. The normalized spacial score (nSPS) is 17.6. The number of hydrogen-bond donors (Lipinski definition) is 1. The second kappa shape index (κ2) is 8.26. The molecule has 0 bridgehead atoms. The molecule has 2 rings (SSSR count). The Morgan fingerprint density at radius 2 is 2.15 bits per heavy atom. The highest BCUT2D eigenvalue weighted by molar-refractivity contribution is 7.99. The van der Waals surface area contributed by atoms with Crippen molar-refractivity contribution in [3.8, 4) is 0 Å². The summed E-state index contributed by atoms with van der Waals surface area (Å²) in [6.07, 6.45) is 6.42. The summed E-state index contributed by atoms with van der Waals surface area (Å²) >= 11 is 8.26. The van der Waals surface area contributed by atoms with Crippen LogP contribution in [0.25, 0.3) is 0 Å². The molecule has 1 nitrogen and oxygen atoms in total. The topological polar surface area (TPSA) is 12.0 Å². The van der Waals surface area contributed by atoms with Gasteiger partial charge in [-0.25, -0.2) is 4.39 Å². The van der Waals surface area contributed by atoms with Crippen LogP contribution in [-0.4, -0.2) is 17.5 Å². The van der Waals surface area contributed by atoms with E-state index in [0.29, 0.717) is 5.02 Å². The van der Waals surface area contributed by atoms with Gasteiger partial charge in [-0.3, -0.25) is 0 Å². The predicted octanol–water partition coefficient (Wildman–Crippen LogP) is 5.20. The highest BCUT2D eigenvalue weighted by Gasteiger charge is 2.20. The fourth-order valence-corrected chi connectivity index (χ4v) is 4.32. The number of rotatable bonds is 7. The molecule has 1 fully saturated rings. The van der Waals surface area contributed by atoms with Crippen molar-refractivity contribution >= 4 is 23.4 Å². The first-order valence-electron chi connectivity index (χ1n) is 7.50. The Morgan fingerprint density at radius 1 is 1.40 bits per heavy atom. The summed E-state index contributed by atoms with van der Waals surface area (Å²) in [5.41, 5.74) is 0.894. The van der Waals surface area contributed by atoms with E-state index in [2.05, 4.69) is 12.2 Å². The van der Waals surface area contributed by atoms with Crippen molar-refractivity contribution in [1.29, 1.82) is 0 Å². The zero-order chi connectivity index (χ0) is 14.4. The molecule has 4 heteroatoms. The lowest BCUT2D eigenvalue weighted by Gasteiger charge is -2.21. The summed E-state index contributed by atoms with van der Waals surface area (Å²) in [6, 6.07) is 4.80. The van der Waals surface area contributed by atoms with Crippen molar-refractivity contribution < 1.29 is 4.39 Å². The maximum Gasteiger partial charge on any atom is 0.123 e. The lowest BCUT2D eigenvalue weighted by Crippen LogP contribution is -2.25. The standard InChI is InChI=1S/C16H23ClFNS/c1-2-9-19-16(11-20-13-5-3-4-6-13)14-10-12(18)7-8-15(14)17/h7-8,10,13,16,19H,2-6,9,11H2,1H3. The first-order chi connectivity index (χ1) is 9.70. The molecule has 1 unspecified atom stereocenters. The molecular weight excluding hydrogens is 293 g/mol. The first-order valence-corrected chi connectivity index (χ1v) is 8.93. The second-order valence-electron chi connectivity index (χ2n) is 5.41. The van der Waals surface area contributed by atoms with Crippen molar-refractivity contribution in [3.05, 3.63) is 34.6 Å². The molecule has 0 aliphatic heterocycles. The molecule has 0 aromatic heterocycles. The molecule has 1 aromatic rings. The van der Waals surface area contributed by atoms with Gasteiger partial charge >= 0.3 is 0 Å². The van der Waals surface area contributed by atoms with Crippen LogP contribution in [0.2, 0.25) is 5.02 Å². The summed E-state index contributed by atoms with van der Waals surface area (Å²) in [5, 5.41) is 4.94. The Hall–Kier alpha value is -0.250. The van der Waals surface area contributed by atoms with Gasteiger partial charge in [0, 0.05) is 22.1 Å². The van der Waals surface area contributed by atoms with Crippen molar-refractivity contribution in [3.63, 3.8) is 0 Å². The van der Waals surface area contributed by atoms with Crippen LogP contribution in [0, 0.1) is 5.82 Å². The minimum absolute atomic E-state index is 0.142. The average molecular weight is 316 g/mol. The third-order valence-corrected chi connectivity index (χ3v) is 5.59. The van der Waals surface area contributed by atoms with Crippen LogP contribution in [0.1, 0.15) is 50.6 Å². The van der Waals surface area contributed by atoms with Gasteiger partial charge in [0.05, 0.1) is 0 Å². The highest BCUT2D eigenvalue weighted by atomic mass is 35.5. The second-order valence-corrected chi connectivity index (χ2v) is 7.15. The fourth-order valence-electron chi connectivity index (χ4n) is 2.65. The maximum atomic E-state index is 13.5. The quantitative estimate of drug-likeness (QED) is 0.742. The summed E-state index contributed by atoms with van der Waals surface area (Å²) in [6.45, 7) is 3.07. The largest absolute Gasteiger partial charge is 0.309 e. The smallest absolute Gasteiger partial charge is 0.123 e. The third kappa shape index (κ3) is 4.64. The monoisotopic (exact) mass is 315 g/mol. The Balaban J connectivity index is 2.02. The van der Waals surface area contributed by atoms with E-state index >= 15 is 0 Å². The average Bonchev–Trinajstić information content (AvgIpc) is 2.95. The van der Waals surface area contributed by atoms with Crippen molar-refractivity contribution in [2.75, 3.05) is 12.3 Å². The van der Waals surface area contributed by atoms with Crippen molar-refractivity contribution in [1.82, 2.24) is 5.32 Å². The van der Waals surface area contributed by atoms with E-state index in [1.54, 1.807) is 12.1 Å². The number of halogens is 2. The van der Waals surface area contributed by atoms with Crippen LogP contribution in [0.3, 0.4) is 0 Å². The van der Waals surface area contributed by atoms with Crippen LogP contribution >= 0.6 is 23.4 Å². The van der Waals surface area contributed by atoms with E-state index in [1.807, 2.05) is 11.8 Å². The first kappa shape index (κ1) is 16.1. The van der Waals surface area contributed by atoms with Gasteiger partial charge in [0.25, 0.3) is 0 Å². The molecule has 112 valence electrons. The molecule has 1 aliphatic rings. The molecule has 1 aliphatic carbocycles. The fraction of sp³-hybridized carbons (Fsp3) is 0.625. The van der Waals surface area contributed by atoms with Crippen LogP contribution in [0.5, 0.6) is 0 Å². The summed E-state index contributed by atoms with van der Waals surface area (Å²) in [4.78, 5) is 0. The van der Waals surface area contributed by atoms with Gasteiger partial charge in [-0.15, -0.1) is 0 Å². The zero-order valence-corrected chi connectivity index (χ0v) is 13.6. The highest BCUT2D eigenvalue weighted by Crippen LogP contribution is 2.33. The lowest BCUT2D eigenvalue weighted by atomic mass is 10.1. The van der Waals surface area contributed by atoms with Gasteiger partial charge in [-0.1, -0.05) is 31.4 Å². The van der Waals surface area contributed by atoms with E-state index in [4.69, 9.17) is 11.6 Å². The molecule has 0 saturated heterocycles. The summed E-state index contributed by atoms with van der Waals surface area (Å²) in [5.74, 6) is 0.756. The Kier molecular flexibility index (Phi) is 6.66. The Morgan fingerprint density at radius 3 is 2.85 bits per heavy atom. The SMILES string of the molecule is CCCNC(CSC1CCCC1)c1cc(F)ccc1Cl. The minimum atomic E-state index is -0.210.